The summed E-state index contributed by atoms with van der Waals surface area (Å²) in [6.45, 7) is 4.22. The first kappa shape index (κ1) is 13.2. The minimum absolute atomic E-state index is 0.246. The van der Waals surface area contributed by atoms with Crippen molar-refractivity contribution in [1.82, 2.24) is 10.3 Å². The lowest BCUT2D eigenvalue weighted by atomic mass is 9.89. The van der Waals surface area contributed by atoms with Crippen LogP contribution in [-0.2, 0) is 4.74 Å². The van der Waals surface area contributed by atoms with Crippen LogP contribution in [0, 0.1) is 0 Å². The van der Waals surface area contributed by atoms with Gasteiger partial charge in [-0.25, -0.2) is 4.79 Å². The number of esters is 1. The largest absolute Gasteiger partial charge is 0.461 e. The molecule has 1 aromatic heterocycles. The van der Waals surface area contributed by atoms with E-state index in [-0.39, 0.29) is 5.97 Å². The zero-order chi connectivity index (χ0) is 13.9. The molecular formula is C16H20N2O2. The summed E-state index contributed by atoms with van der Waals surface area (Å²) in [6.07, 6.45) is 2.26. The second-order valence-electron chi connectivity index (χ2n) is 5.22. The number of fused-ring (bicyclic) bond motifs is 1. The Morgan fingerprint density at radius 3 is 3.00 bits per heavy atom. The first-order valence-corrected chi connectivity index (χ1v) is 7.29. The number of carbonyl (C=O) groups is 1. The molecule has 0 bridgehead atoms. The third kappa shape index (κ3) is 2.31. The molecule has 20 heavy (non-hydrogen) atoms. The standard InChI is InChI=1S/C16H20N2O2/c1-2-20-16(19)15-14(11-6-5-9-17-10-11)12-7-3-4-8-13(12)18-15/h3-4,7-8,11,17-18H,2,5-6,9-10H2,1H3. The summed E-state index contributed by atoms with van der Waals surface area (Å²) in [5.74, 6) is 0.128. The lowest BCUT2D eigenvalue weighted by Gasteiger charge is -2.23. The van der Waals surface area contributed by atoms with Crippen LogP contribution in [0.3, 0.4) is 0 Å². The SMILES string of the molecule is CCOC(=O)c1[nH]c2ccccc2c1C1CCCNC1. The number of H-pyrrole nitrogens is 1. The van der Waals surface area contributed by atoms with E-state index in [0.717, 1.165) is 42.4 Å². The van der Waals surface area contributed by atoms with Crippen molar-refractivity contribution in [2.45, 2.75) is 25.7 Å². The number of para-hydroxylation sites is 1. The van der Waals surface area contributed by atoms with Crippen molar-refractivity contribution in [2.24, 2.45) is 0 Å². The summed E-state index contributed by atoms with van der Waals surface area (Å²) in [7, 11) is 0. The second kappa shape index (κ2) is 5.67. The van der Waals surface area contributed by atoms with Gasteiger partial charge in [-0.15, -0.1) is 0 Å². The molecule has 0 amide bonds. The Bertz CT molecular complexity index is 612. The first-order valence-electron chi connectivity index (χ1n) is 7.29. The van der Waals surface area contributed by atoms with Crippen LogP contribution in [0.4, 0.5) is 0 Å². The Labute approximate surface area is 118 Å². The van der Waals surface area contributed by atoms with E-state index in [9.17, 15) is 4.79 Å². The summed E-state index contributed by atoms with van der Waals surface area (Å²) in [5.41, 5.74) is 2.75. The van der Waals surface area contributed by atoms with E-state index in [2.05, 4.69) is 16.4 Å². The minimum atomic E-state index is -0.246. The van der Waals surface area contributed by atoms with Gasteiger partial charge in [-0.2, -0.15) is 0 Å². The molecule has 4 heteroatoms. The number of rotatable bonds is 3. The topological polar surface area (TPSA) is 54.1 Å². The monoisotopic (exact) mass is 272 g/mol. The van der Waals surface area contributed by atoms with Crippen LogP contribution in [0.2, 0.25) is 0 Å². The van der Waals surface area contributed by atoms with E-state index >= 15 is 0 Å². The quantitative estimate of drug-likeness (QED) is 0.845. The molecule has 2 aromatic rings. The smallest absolute Gasteiger partial charge is 0.355 e. The Hall–Kier alpha value is -1.81. The Kier molecular flexibility index (Phi) is 3.74. The lowest BCUT2D eigenvalue weighted by molar-refractivity contribution is 0.0518. The summed E-state index contributed by atoms with van der Waals surface area (Å²) in [5, 5.41) is 4.56. The van der Waals surface area contributed by atoms with E-state index < -0.39 is 0 Å². The second-order valence-corrected chi connectivity index (χ2v) is 5.22. The van der Waals surface area contributed by atoms with Crippen LogP contribution in [0.25, 0.3) is 10.9 Å². The van der Waals surface area contributed by atoms with Gasteiger partial charge < -0.3 is 15.0 Å². The predicted molar refractivity (Wildman–Crippen MR) is 79.1 cm³/mol. The molecule has 3 rings (SSSR count). The van der Waals surface area contributed by atoms with Gasteiger partial charge in [0.2, 0.25) is 0 Å². The number of hydrogen-bond donors (Lipinski definition) is 2. The van der Waals surface area contributed by atoms with Gasteiger partial charge in [-0.1, -0.05) is 18.2 Å². The van der Waals surface area contributed by atoms with Gasteiger partial charge in [0, 0.05) is 17.4 Å². The third-order valence-corrected chi connectivity index (χ3v) is 3.93. The molecule has 106 valence electrons. The Balaban J connectivity index is 2.09. The number of ether oxygens (including phenoxy) is 1. The van der Waals surface area contributed by atoms with E-state index in [1.165, 1.54) is 0 Å². The van der Waals surface area contributed by atoms with Gasteiger partial charge in [-0.05, 0) is 43.9 Å². The van der Waals surface area contributed by atoms with Gasteiger partial charge in [0.15, 0.2) is 0 Å². The number of nitrogens with one attached hydrogen (secondary N) is 2. The van der Waals surface area contributed by atoms with Crippen molar-refractivity contribution in [2.75, 3.05) is 19.7 Å². The van der Waals surface area contributed by atoms with Crippen LogP contribution in [-0.4, -0.2) is 30.6 Å². The predicted octanol–water partition coefficient (Wildman–Crippen LogP) is 2.81. The number of aromatic amines is 1. The maximum absolute atomic E-state index is 12.2. The molecule has 0 spiro atoms. The van der Waals surface area contributed by atoms with Gasteiger partial charge in [0.1, 0.15) is 5.69 Å². The molecule has 2 heterocycles. The van der Waals surface area contributed by atoms with Gasteiger partial charge in [-0.3, -0.25) is 0 Å². The lowest BCUT2D eigenvalue weighted by Crippen LogP contribution is -2.29. The van der Waals surface area contributed by atoms with E-state index in [1.54, 1.807) is 0 Å². The molecule has 0 saturated carbocycles. The van der Waals surface area contributed by atoms with E-state index in [1.807, 2.05) is 25.1 Å². The molecule has 1 saturated heterocycles. The van der Waals surface area contributed by atoms with Crippen LogP contribution in [0.15, 0.2) is 24.3 Å². The summed E-state index contributed by atoms with van der Waals surface area (Å²) in [6, 6.07) is 8.10. The number of piperidine rings is 1. The zero-order valence-corrected chi connectivity index (χ0v) is 11.7. The molecule has 1 aliphatic heterocycles. The highest BCUT2D eigenvalue weighted by Gasteiger charge is 2.26. The van der Waals surface area contributed by atoms with Crippen molar-refractivity contribution in [1.29, 1.82) is 0 Å². The summed E-state index contributed by atoms with van der Waals surface area (Å²) >= 11 is 0. The van der Waals surface area contributed by atoms with E-state index in [0.29, 0.717) is 18.2 Å². The fourth-order valence-electron chi connectivity index (χ4n) is 3.05. The van der Waals surface area contributed by atoms with Crippen molar-refractivity contribution >= 4 is 16.9 Å². The first-order chi connectivity index (χ1) is 9.81. The highest BCUT2D eigenvalue weighted by molar-refractivity contribution is 5.98. The molecule has 1 fully saturated rings. The van der Waals surface area contributed by atoms with Crippen LogP contribution < -0.4 is 5.32 Å². The summed E-state index contributed by atoms with van der Waals surface area (Å²) in [4.78, 5) is 15.4. The highest BCUT2D eigenvalue weighted by Crippen LogP contribution is 2.33. The third-order valence-electron chi connectivity index (χ3n) is 3.93. The maximum atomic E-state index is 12.2. The molecule has 1 unspecified atom stereocenters. The fraction of sp³-hybridized carbons (Fsp3) is 0.438. The van der Waals surface area contributed by atoms with Crippen molar-refractivity contribution < 1.29 is 9.53 Å². The maximum Gasteiger partial charge on any atom is 0.355 e. The molecule has 0 aliphatic carbocycles. The van der Waals surface area contributed by atoms with Crippen molar-refractivity contribution in [3.05, 3.63) is 35.5 Å². The minimum Gasteiger partial charge on any atom is -0.461 e. The van der Waals surface area contributed by atoms with Crippen molar-refractivity contribution in [3.8, 4) is 0 Å². The zero-order valence-electron chi connectivity index (χ0n) is 11.7. The van der Waals surface area contributed by atoms with Crippen LogP contribution >= 0.6 is 0 Å². The molecule has 1 aromatic carbocycles. The average molecular weight is 272 g/mol. The highest BCUT2D eigenvalue weighted by atomic mass is 16.5. The van der Waals surface area contributed by atoms with Crippen molar-refractivity contribution in [3.63, 3.8) is 0 Å². The van der Waals surface area contributed by atoms with Gasteiger partial charge in [0.25, 0.3) is 0 Å². The van der Waals surface area contributed by atoms with Gasteiger partial charge in [0.05, 0.1) is 6.61 Å². The number of aromatic nitrogens is 1. The molecule has 1 aliphatic rings. The molecule has 4 nitrogen and oxygen atoms in total. The molecule has 1 atom stereocenters. The van der Waals surface area contributed by atoms with Crippen LogP contribution in [0.1, 0.15) is 41.7 Å². The average Bonchev–Trinajstić information content (AvgIpc) is 2.88. The molecule has 2 N–H and O–H groups in total. The number of carbonyl (C=O) groups excluding carboxylic acids is 1. The van der Waals surface area contributed by atoms with E-state index in [4.69, 9.17) is 4.74 Å². The number of hydrogen-bond acceptors (Lipinski definition) is 3. The normalized spacial score (nSPS) is 19.1. The fourth-order valence-corrected chi connectivity index (χ4v) is 3.05. The molecule has 0 radical (unpaired) electrons. The Morgan fingerprint density at radius 1 is 1.40 bits per heavy atom. The molecular weight excluding hydrogens is 252 g/mol. The number of benzene rings is 1. The van der Waals surface area contributed by atoms with Crippen LogP contribution in [0.5, 0.6) is 0 Å². The van der Waals surface area contributed by atoms with Gasteiger partial charge >= 0.3 is 5.97 Å². The summed E-state index contributed by atoms with van der Waals surface area (Å²) < 4.78 is 5.20. The Morgan fingerprint density at radius 2 is 2.25 bits per heavy atom.